The van der Waals surface area contributed by atoms with Gasteiger partial charge in [0.1, 0.15) is 0 Å². The number of aromatic nitrogens is 3. The van der Waals surface area contributed by atoms with E-state index in [9.17, 15) is 5.41 Å². The van der Waals surface area contributed by atoms with Crippen LogP contribution in [0.15, 0.2) is 42.5 Å². The Morgan fingerprint density at radius 2 is 1.78 bits per heavy atom. The summed E-state index contributed by atoms with van der Waals surface area (Å²) in [4.78, 5) is 12.7. The molecule has 0 aliphatic carbocycles. The van der Waals surface area contributed by atoms with Crippen LogP contribution in [-0.2, 0) is 0 Å². The van der Waals surface area contributed by atoms with E-state index in [0.29, 0.717) is 16.9 Å². The quantitative estimate of drug-likeness (QED) is 0.345. The third-order valence-electron chi connectivity index (χ3n) is 3.88. The van der Waals surface area contributed by atoms with E-state index in [4.69, 9.17) is 28.9 Å². The van der Waals surface area contributed by atoms with Gasteiger partial charge in [0.2, 0.25) is 16.5 Å². The Bertz CT molecular complexity index is 1120. The van der Waals surface area contributed by atoms with Crippen molar-refractivity contribution < 1.29 is 0 Å². The van der Waals surface area contributed by atoms with Gasteiger partial charge < -0.3 is 16.5 Å². The van der Waals surface area contributed by atoms with E-state index in [1.807, 2.05) is 24.3 Å². The number of rotatable bonds is 4. The topological polar surface area (TPSA) is 99.0 Å². The Balaban J connectivity index is 1.82. The molecule has 3 N–H and O–H groups in total. The maximum Gasteiger partial charge on any atom is 0.232 e. The molecule has 2 heterocycles. The molecular weight excluding hydrogens is 403 g/mol. The Kier molecular flexibility index (Phi) is 4.65. The molecule has 0 aliphatic rings. The Morgan fingerprint density at radius 1 is 1.04 bits per heavy atom. The summed E-state index contributed by atoms with van der Waals surface area (Å²) >= 11 is 13.3. The first-order valence-electron chi connectivity index (χ1n) is 7.77. The van der Waals surface area contributed by atoms with Crippen LogP contribution >= 0.6 is 34.5 Å². The van der Waals surface area contributed by atoms with Gasteiger partial charge in [0, 0.05) is 26.5 Å². The van der Waals surface area contributed by atoms with Crippen LogP contribution in [0, 0.1) is 0 Å². The van der Waals surface area contributed by atoms with Gasteiger partial charge in [-0.25, -0.2) is 0 Å². The molecule has 0 saturated carbocycles. The average Bonchev–Trinajstić information content (AvgIpc) is 3.06. The molecule has 6 nitrogen and oxygen atoms in total. The van der Waals surface area contributed by atoms with E-state index in [2.05, 4.69) is 32.4 Å². The molecule has 0 atom stereocenters. The molecular formula is C18H11Cl2N6S-. The molecule has 0 saturated heterocycles. The highest BCUT2D eigenvalue weighted by atomic mass is 35.5. The van der Waals surface area contributed by atoms with Crippen LogP contribution in [-0.4, -0.2) is 21.2 Å². The lowest BCUT2D eigenvalue weighted by Crippen LogP contribution is -2.02. The van der Waals surface area contributed by atoms with Gasteiger partial charge in [-0.15, -0.1) is 11.3 Å². The number of nitrogens with zero attached hydrogens (tertiary/aromatic N) is 4. The zero-order chi connectivity index (χ0) is 19.0. The number of hydrogen-bond acceptors (Lipinski definition) is 6. The van der Waals surface area contributed by atoms with Gasteiger partial charge >= 0.3 is 0 Å². The molecule has 9 heteroatoms. The third-order valence-corrected chi connectivity index (χ3v) is 5.37. The molecule has 134 valence electrons. The second-order valence-corrected chi connectivity index (χ2v) is 7.39. The first-order valence-corrected chi connectivity index (χ1v) is 9.35. The molecule has 4 aromatic rings. The van der Waals surface area contributed by atoms with Gasteiger partial charge in [-0.05, 0) is 58.4 Å². The number of benzene rings is 2. The van der Waals surface area contributed by atoms with Gasteiger partial charge in [0.05, 0.1) is 0 Å². The van der Waals surface area contributed by atoms with Gasteiger partial charge in [0.15, 0.2) is 0 Å². The summed E-state index contributed by atoms with van der Waals surface area (Å²) < 4.78 is 1.15. The smallest absolute Gasteiger partial charge is 0.232 e. The van der Waals surface area contributed by atoms with Crippen LogP contribution in [0.2, 0.25) is 10.6 Å². The van der Waals surface area contributed by atoms with E-state index < -0.39 is 0 Å². The van der Waals surface area contributed by atoms with Gasteiger partial charge in [-0.1, -0.05) is 18.2 Å². The number of anilines is 3. The monoisotopic (exact) mass is 413 g/mol. The van der Waals surface area contributed by atoms with Gasteiger partial charge in [-0.3, -0.25) is 0 Å². The fourth-order valence-corrected chi connectivity index (χ4v) is 4.14. The van der Waals surface area contributed by atoms with Crippen LogP contribution in [0.25, 0.3) is 25.9 Å². The third kappa shape index (κ3) is 3.57. The highest BCUT2D eigenvalue weighted by Gasteiger charge is 2.12. The summed E-state index contributed by atoms with van der Waals surface area (Å²) in [5.74, 6) is 0.191. The predicted molar refractivity (Wildman–Crippen MR) is 113 cm³/mol. The molecule has 0 amide bonds. The summed E-state index contributed by atoms with van der Waals surface area (Å²) in [6, 6.07) is 13.7. The first kappa shape index (κ1) is 17.7. The van der Waals surface area contributed by atoms with Crippen LogP contribution < -0.4 is 11.1 Å². The fourth-order valence-electron chi connectivity index (χ4n) is 2.68. The van der Waals surface area contributed by atoms with E-state index in [0.717, 1.165) is 26.7 Å². The molecule has 0 radical (unpaired) electrons. The van der Waals surface area contributed by atoms with Crippen molar-refractivity contribution in [2.75, 3.05) is 11.1 Å². The zero-order valence-electron chi connectivity index (χ0n) is 13.6. The van der Waals surface area contributed by atoms with E-state index >= 15 is 0 Å². The largest absolute Gasteiger partial charge is 0.810 e. The summed E-state index contributed by atoms with van der Waals surface area (Å²) in [6.07, 6.45) is 0.963. The van der Waals surface area contributed by atoms with E-state index in [-0.39, 0.29) is 16.5 Å². The number of nitrogens with one attached hydrogen (secondary N) is 1. The maximum absolute atomic E-state index is 9.60. The molecule has 0 unspecified atom stereocenters. The highest BCUT2D eigenvalue weighted by molar-refractivity contribution is 7.22. The summed E-state index contributed by atoms with van der Waals surface area (Å²) in [6.45, 7) is 0. The second kappa shape index (κ2) is 7.11. The van der Waals surface area contributed by atoms with Crippen molar-refractivity contribution in [1.29, 1.82) is 0 Å². The van der Waals surface area contributed by atoms with Crippen molar-refractivity contribution in [2.24, 2.45) is 0 Å². The normalized spacial score (nSPS) is 10.9. The number of fused-ring (bicyclic) bond motifs is 1. The minimum Gasteiger partial charge on any atom is -0.810 e. The first-order chi connectivity index (χ1) is 13.0. The van der Waals surface area contributed by atoms with Crippen molar-refractivity contribution in [3.05, 3.63) is 64.0 Å². The number of nitrogen functional groups attached to an aromatic ring is 1. The molecule has 0 bridgehead atoms. The summed E-state index contributed by atoms with van der Waals surface area (Å²) in [7, 11) is 0. The Hall–Kier alpha value is -2.74. The zero-order valence-corrected chi connectivity index (χ0v) is 16.0. The van der Waals surface area contributed by atoms with Crippen molar-refractivity contribution in [3.8, 4) is 10.4 Å². The molecule has 2 aromatic carbocycles. The van der Waals surface area contributed by atoms with Crippen molar-refractivity contribution in [3.63, 3.8) is 0 Å². The van der Waals surface area contributed by atoms with Crippen LogP contribution in [0.4, 0.5) is 17.3 Å². The highest BCUT2D eigenvalue weighted by Crippen LogP contribution is 2.39. The van der Waals surface area contributed by atoms with Crippen molar-refractivity contribution >= 4 is 68.2 Å². The second-order valence-electron chi connectivity index (χ2n) is 5.63. The van der Waals surface area contributed by atoms with Crippen molar-refractivity contribution in [2.45, 2.75) is 0 Å². The van der Waals surface area contributed by atoms with Crippen LogP contribution in [0.3, 0.4) is 0 Å². The lowest BCUT2D eigenvalue weighted by Gasteiger charge is -2.13. The minimum absolute atomic E-state index is 0.0216. The minimum atomic E-state index is -0.0216. The lowest BCUT2D eigenvalue weighted by molar-refractivity contribution is 1.05. The summed E-state index contributed by atoms with van der Waals surface area (Å²) in [5.41, 5.74) is 8.61. The van der Waals surface area contributed by atoms with E-state index in [1.54, 1.807) is 17.4 Å². The average molecular weight is 414 g/mol. The lowest BCUT2D eigenvalue weighted by atomic mass is 10.0. The molecule has 0 aliphatic heterocycles. The number of thiophene rings is 1. The van der Waals surface area contributed by atoms with Crippen LogP contribution in [0.1, 0.15) is 5.56 Å². The Labute approximate surface area is 168 Å². The standard InChI is InChI=1S/C18H11Cl2N6S/c19-16-24-17(20)26-18(25-16)23-11-5-10(8-21)15(22)12(7-11)14-6-9-3-1-2-4-13(9)27-14/h1-8H,22H2,(H,23,24,25,26)/q-1. The SMILES string of the molecule is [N-]=Cc1cc(Nc2nc(Cl)nc(Cl)n2)cc(-c2cc3ccccc3s2)c1N. The predicted octanol–water partition coefficient (Wildman–Crippen LogP) is 5.37. The molecule has 0 fully saturated rings. The number of halogens is 2. The molecule has 0 spiro atoms. The maximum atomic E-state index is 9.60. The van der Waals surface area contributed by atoms with Crippen molar-refractivity contribution in [1.82, 2.24) is 15.0 Å². The fraction of sp³-hybridized carbons (Fsp3) is 0. The summed E-state index contributed by atoms with van der Waals surface area (Å²) in [5, 5.41) is 13.7. The molecule has 27 heavy (non-hydrogen) atoms. The van der Waals surface area contributed by atoms with Gasteiger partial charge in [0.25, 0.3) is 0 Å². The van der Waals surface area contributed by atoms with Crippen LogP contribution in [0.5, 0.6) is 0 Å². The van der Waals surface area contributed by atoms with E-state index in [1.165, 1.54) is 0 Å². The number of hydrogen-bond donors (Lipinski definition) is 2. The van der Waals surface area contributed by atoms with Gasteiger partial charge in [-0.2, -0.15) is 21.2 Å². The Morgan fingerprint density at radius 3 is 2.48 bits per heavy atom. The molecule has 2 aromatic heterocycles. The molecule has 4 rings (SSSR count). The number of nitrogens with two attached hydrogens (primary N) is 1.